The van der Waals surface area contributed by atoms with Crippen molar-refractivity contribution in [3.63, 3.8) is 0 Å². The minimum absolute atomic E-state index is 0.854. The highest BCUT2D eigenvalue weighted by molar-refractivity contribution is 4.95. The van der Waals surface area contributed by atoms with Crippen LogP contribution in [0.4, 0.5) is 0 Å². The van der Waals surface area contributed by atoms with E-state index in [2.05, 4.69) is 30.6 Å². The summed E-state index contributed by atoms with van der Waals surface area (Å²) in [6, 6.07) is 1.75. The summed E-state index contributed by atoms with van der Waals surface area (Å²) in [5.41, 5.74) is 0. The molecule has 88 valence electrons. The number of nitrogens with zero attached hydrogens (tertiary/aromatic N) is 2. The van der Waals surface area contributed by atoms with Crippen molar-refractivity contribution in [3.05, 3.63) is 0 Å². The van der Waals surface area contributed by atoms with Gasteiger partial charge < -0.3 is 4.90 Å². The molecule has 0 saturated carbocycles. The lowest BCUT2D eigenvalue weighted by atomic mass is 10.1. The van der Waals surface area contributed by atoms with E-state index in [9.17, 15) is 0 Å². The largest absolute Gasteiger partial charge is 0.300 e. The standard InChI is InChI=1S/C13H26N2/c1-4-15-12-5-6-13(15)10-14(9-12)8-7-11(2)3/h11-13H,4-10H2,1-3H3/t12-,13+. The molecule has 2 fully saturated rings. The number of likely N-dealkylation sites (tertiary alicyclic amines) is 1. The van der Waals surface area contributed by atoms with E-state index in [1.54, 1.807) is 0 Å². The van der Waals surface area contributed by atoms with Crippen LogP contribution >= 0.6 is 0 Å². The Labute approximate surface area is 94.6 Å². The lowest BCUT2D eigenvalue weighted by molar-refractivity contribution is 0.0688. The van der Waals surface area contributed by atoms with Gasteiger partial charge >= 0.3 is 0 Å². The summed E-state index contributed by atoms with van der Waals surface area (Å²) in [6.07, 6.45) is 4.25. The van der Waals surface area contributed by atoms with Gasteiger partial charge in [-0.25, -0.2) is 0 Å². The fourth-order valence-electron chi connectivity index (χ4n) is 3.22. The average Bonchev–Trinajstić information content (AvgIpc) is 2.45. The number of rotatable bonds is 4. The summed E-state index contributed by atoms with van der Waals surface area (Å²) in [4.78, 5) is 5.43. The summed E-state index contributed by atoms with van der Waals surface area (Å²) >= 11 is 0. The molecule has 2 nitrogen and oxygen atoms in total. The van der Waals surface area contributed by atoms with Crippen molar-refractivity contribution in [1.82, 2.24) is 9.80 Å². The number of fused-ring (bicyclic) bond motifs is 2. The summed E-state index contributed by atoms with van der Waals surface area (Å²) in [5, 5.41) is 0. The predicted molar refractivity (Wildman–Crippen MR) is 65.1 cm³/mol. The van der Waals surface area contributed by atoms with E-state index >= 15 is 0 Å². The predicted octanol–water partition coefficient (Wildman–Crippen LogP) is 2.20. The van der Waals surface area contributed by atoms with Gasteiger partial charge in [-0.1, -0.05) is 20.8 Å². The van der Waals surface area contributed by atoms with E-state index < -0.39 is 0 Å². The molecule has 0 radical (unpaired) electrons. The number of piperazine rings is 1. The summed E-state index contributed by atoms with van der Waals surface area (Å²) in [6.45, 7) is 12.2. The first-order valence-corrected chi connectivity index (χ1v) is 6.68. The highest BCUT2D eigenvalue weighted by atomic mass is 15.3. The van der Waals surface area contributed by atoms with Gasteiger partial charge in [-0.3, -0.25) is 4.90 Å². The van der Waals surface area contributed by atoms with Crippen molar-refractivity contribution in [2.24, 2.45) is 5.92 Å². The van der Waals surface area contributed by atoms with Crippen LogP contribution in [-0.4, -0.2) is 48.1 Å². The van der Waals surface area contributed by atoms with Crippen LogP contribution in [0.25, 0.3) is 0 Å². The molecule has 0 unspecified atom stereocenters. The molecule has 2 aliphatic rings. The van der Waals surface area contributed by atoms with Gasteiger partial charge in [0.25, 0.3) is 0 Å². The Morgan fingerprint density at radius 2 is 1.73 bits per heavy atom. The second-order valence-electron chi connectivity index (χ2n) is 5.66. The molecule has 2 rings (SSSR count). The van der Waals surface area contributed by atoms with Gasteiger partial charge in [-0.2, -0.15) is 0 Å². The van der Waals surface area contributed by atoms with Crippen LogP contribution < -0.4 is 0 Å². The molecule has 0 aromatic carbocycles. The number of hydrogen-bond acceptors (Lipinski definition) is 2. The third kappa shape index (κ3) is 2.54. The van der Waals surface area contributed by atoms with E-state index in [0.717, 1.165) is 18.0 Å². The van der Waals surface area contributed by atoms with Crippen LogP contribution in [-0.2, 0) is 0 Å². The normalized spacial score (nSPS) is 32.8. The molecule has 15 heavy (non-hydrogen) atoms. The van der Waals surface area contributed by atoms with Crippen LogP contribution in [0, 0.1) is 5.92 Å². The van der Waals surface area contributed by atoms with Crippen molar-refractivity contribution in [2.75, 3.05) is 26.2 Å². The van der Waals surface area contributed by atoms with E-state index in [4.69, 9.17) is 0 Å². The number of hydrogen-bond donors (Lipinski definition) is 0. The molecule has 0 N–H and O–H groups in total. The van der Waals surface area contributed by atoms with E-state index in [0.29, 0.717) is 0 Å². The van der Waals surface area contributed by atoms with Gasteiger partial charge in [0.1, 0.15) is 0 Å². The van der Waals surface area contributed by atoms with Crippen molar-refractivity contribution in [3.8, 4) is 0 Å². The summed E-state index contributed by atoms with van der Waals surface area (Å²) in [7, 11) is 0. The second kappa shape index (κ2) is 4.84. The Kier molecular flexibility index (Phi) is 3.68. The van der Waals surface area contributed by atoms with Gasteiger partial charge in [0, 0.05) is 25.2 Å². The maximum Gasteiger partial charge on any atom is 0.0227 e. The minimum atomic E-state index is 0.854. The molecule has 0 aromatic heterocycles. The first-order chi connectivity index (χ1) is 7.20. The molecular formula is C13H26N2. The SMILES string of the molecule is CCN1[C@@H]2CC[C@H]1CN(CCC(C)C)C2. The summed E-state index contributed by atoms with van der Waals surface area (Å²) in [5.74, 6) is 0.854. The van der Waals surface area contributed by atoms with Crippen molar-refractivity contribution in [1.29, 1.82) is 0 Å². The monoisotopic (exact) mass is 210 g/mol. The maximum atomic E-state index is 2.73. The van der Waals surface area contributed by atoms with Crippen molar-refractivity contribution >= 4 is 0 Å². The van der Waals surface area contributed by atoms with Gasteiger partial charge in [0.2, 0.25) is 0 Å². The van der Waals surface area contributed by atoms with E-state index in [1.807, 2.05) is 0 Å². The molecule has 0 aromatic rings. The zero-order valence-corrected chi connectivity index (χ0v) is 10.6. The molecule has 2 heteroatoms. The Bertz CT molecular complexity index is 189. The van der Waals surface area contributed by atoms with Gasteiger partial charge in [0.15, 0.2) is 0 Å². The maximum absolute atomic E-state index is 2.73. The third-order valence-electron chi connectivity index (χ3n) is 4.10. The highest BCUT2D eigenvalue weighted by Gasteiger charge is 2.38. The molecular weight excluding hydrogens is 184 g/mol. The zero-order chi connectivity index (χ0) is 10.8. The fourth-order valence-corrected chi connectivity index (χ4v) is 3.22. The van der Waals surface area contributed by atoms with E-state index in [-0.39, 0.29) is 0 Å². The molecule has 2 heterocycles. The highest BCUT2D eigenvalue weighted by Crippen LogP contribution is 2.29. The molecule has 0 amide bonds. The lowest BCUT2D eigenvalue weighted by Gasteiger charge is -2.40. The molecule has 2 saturated heterocycles. The molecule has 0 spiro atoms. The molecule has 2 atom stereocenters. The first-order valence-electron chi connectivity index (χ1n) is 6.68. The lowest BCUT2D eigenvalue weighted by Crippen LogP contribution is -2.53. The van der Waals surface area contributed by atoms with E-state index in [1.165, 1.54) is 45.4 Å². The fraction of sp³-hybridized carbons (Fsp3) is 1.00. The summed E-state index contributed by atoms with van der Waals surface area (Å²) < 4.78 is 0. The Hall–Kier alpha value is -0.0800. The Morgan fingerprint density at radius 3 is 2.20 bits per heavy atom. The third-order valence-corrected chi connectivity index (χ3v) is 4.10. The van der Waals surface area contributed by atoms with Crippen LogP contribution in [0.2, 0.25) is 0 Å². The van der Waals surface area contributed by atoms with Gasteiger partial charge in [-0.05, 0) is 38.3 Å². The van der Waals surface area contributed by atoms with Crippen molar-refractivity contribution in [2.45, 2.75) is 52.1 Å². The topological polar surface area (TPSA) is 6.48 Å². The molecule has 0 aliphatic carbocycles. The second-order valence-corrected chi connectivity index (χ2v) is 5.66. The smallest absolute Gasteiger partial charge is 0.0227 e. The minimum Gasteiger partial charge on any atom is -0.300 e. The number of likely N-dealkylation sites (N-methyl/N-ethyl adjacent to an activating group) is 1. The van der Waals surface area contributed by atoms with Crippen molar-refractivity contribution < 1.29 is 0 Å². The van der Waals surface area contributed by atoms with Gasteiger partial charge in [-0.15, -0.1) is 0 Å². The first kappa shape index (κ1) is 11.4. The molecule has 2 aliphatic heterocycles. The van der Waals surface area contributed by atoms with Crippen LogP contribution in [0.15, 0.2) is 0 Å². The average molecular weight is 210 g/mol. The van der Waals surface area contributed by atoms with Crippen LogP contribution in [0.5, 0.6) is 0 Å². The molecule has 2 bridgehead atoms. The van der Waals surface area contributed by atoms with Crippen LogP contribution in [0.1, 0.15) is 40.0 Å². The quantitative estimate of drug-likeness (QED) is 0.702. The Morgan fingerprint density at radius 1 is 1.13 bits per heavy atom. The van der Waals surface area contributed by atoms with Crippen LogP contribution in [0.3, 0.4) is 0 Å². The Balaban J connectivity index is 1.83. The van der Waals surface area contributed by atoms with Gasteiger partial charge in [0.05, 0.1) is 0 Å². The zero-order valence-electron chi connectivity index (χ0n) is 10.6.